The SMILES string of the molecule is Cc1cc2n(CC(=O)Nc3ccc(F)cn3)c3c(c(=O)n2n1)CN(CC1CCO1)C3=O. The van der Waals surface area contributed by atoms with E-state index in [0.29, 0.717) is 30.1 Å². The molecule has 31 heavy (non-hydrogen) atoms. The fourth-order valence-corrected chi connectivity index (χ4v) is 3.89. The van der Waals surface area contributed by atoms with Crippen LogP contribution in [0, 0.1) is 12.7 Å². The lowest BCUT2D eigenvalue weighted by Gasteiger charge is -2.30. The lowest BCUT2D eigenvalue weighted by atomic mass is 10.2. The van der Waals surface area contributed by atoms with Crippen molar-refractivity contribution >= 4 is 23.3 Å². The minimum Gasteiger partial charge on any atom is -0.376 e. The van der Waals surface area contributed by atoms with Gasteiger partial charge in [0.1, 0.15) is 29.5 Å². The highest BCUT2D eigenvalue weighted by molar-refractivity contribution is 5.98. The quantitative estimate of drug-likeness (QED) is 0.644. The molecule has 11 heteroatoms. The van der Waals surface area contributed by atoms with Crippen LogP contribution < -0.4 is 10.9 Å². The zero-order valence-corrected chi connectivity index (χ0v) is 16.7. The zero-order chi connectivity index (χ0) is 21.7. The second-order valence-corrected chi connectivity index (χ2v) is 7.65. The Morgan fingerprint density at radius 2 is 2.16 bits per heavy atom. The number of carbonyl (C=O) groups excluding carboxylic acids is 2. The van der Waals surface area contributed by atoms with Gasteiger partial charge in [-0.2, -0.15) is 9.61 Å². The van der Waals surface area contributed by atoms with Crippen molar-refractivity contribution in [3.63, 3.8) is 0 Å². The average molecular weight is 426 g/mol. The predicted octanol–water partition coefficient (Wildman–Crippen LogP) is 0.722. The van der Waals surface area contributed by atoms with Gasteiger partial charge >= 0.3 is 0 Å². The average Bonchev–Trinajstić information content (AvgIpc) is 3.24. The minimum atomic E-state index is -0.520. The van der Waals surface area contributed by atoms with Crippen molar-refractivity contribution in [3.8, 4) is 0 Å². The number of halogens is 1. The molecule has 0 spiro atoms. The Hall–Kier alpha value is -3.60. The highest BCUT2D eigenvalue weighted by atomic mass is 19.1. The normalized spacial score (nSPS) is 17.7. The molecule has 0 aromatic carbocycles. The van der Waals surface area contributed by atoms with Crippen molar-refractivity contribution in [2.45, 2.75) is 32.5 Å². The third kappa shape index (κ3) is 3.36. The van der Waals surface area contributed by atoms with Crippen molar-refractivity contribution in [1.82, 2.24) is 24.1 Å². The van der Waals surface area contributed by atoms with E-state index >= 15 is 0 Å². The van der Waals surface area contributed by atoms with E-state index in [2.05, 4.69) is 15.4 Å². The van der Waals surface area contributed by atoms with Crippen LogP contribution in [0.3, 0.4) is 0 Å². The van der Waals surface area contributed by atoms with E-state index in [1.165, 1.54) is 21.2 Å². The molecule has 2 aliphatic heterocycles. The van der Waals surface area contributed by atoms with E-state index in [1.54, 1.807) is 17.9 Å². The Kier molecular flexibility index (Phi) is 4.54. The number of fused-ring (bicyclic) bond motifs is 2. The summed E-state index contributed by atoms with van der Waals surface area (Å²) in [5.74, 6) is -1.13. The number of amides is 2. The van der Waals surface area contributed by atoms with Crippen LogP contribution in [-0.2, 0) is 22.6 Å². The van der Waals surface area contributed by atoms with Gasteiger partial charge in [-0.05, 0) is 25.5 Å². The summed E-state index contributed by atoms with van der Waals surface area (Å²) in [5, 5.41) is 6.81. The molecule has 0 saturated carbocycles. The van der Waals surface area contributed by atoms with Gasteiger partial charge in [-0.3, -0.25) is 14.4 Å². The van der Waals surface area contributed by atoms with Crippen LogP contribution >= 0.6 is 0 Å². The van der Waals surface area contributed by atoms with Crippen LogP contribution in [0.15, 0.2) is 29.2 Å². The molecular formula is C20H19FN6O4. The number of hydrogen-bond acceptors (Lipinski definition) is 6. The fourth-order valence-electron chi connectivity index (χ4n) is 3.89. The summed E-state index contributed by atoms with van der Waals surface area (Å²) in [7, 11) is 0. The van der Waals surface area contributed by atoms with Gasteiger partial charge in [-0.25, -0.2) is 9.37 Å². The Balaban J connectivity index is 1.52. The summed E-state index contributed by atoms with van der Waals surface area (Å²) in [5.41, 5.74) is 1.03. The summed E-state index contributed by atoms with van der Waals surface area (Å²) in [6, 6.07) is 4.17. The highest BCUT2D eigenvalue weighted by Crippen LogP contribution is 2.25. The van der Waals surface area contributed by atoms with Crippen molar-refractivity contribution < 1.29 is 18.7 Å². The van der Waals surface area contributed by atoms with Crippen molar-refractivity contribution in [3.05, 3.63) is 57.5 Å². The number of anilines is 1. The Labute approximate surface area is 175 Å². The Bertz CT molecular complexity index is 1260. The molecule has 5 rings (SSSR count). The number of hydrogen-bond donors (Lipinski definition) is 1. The smallest absolute Gasteiger partial charge is 0.280 e. The molecule has 3 aromatic rings. The van der Waals surface area contributed by atoms with Crippen molar-refractivity contribution in [2.24, 2.45) is 0 Å². The largest absolute Gasteiger partial charge is 0.376 e. The highest BCUT2D eigenvalue weighted by Gasteiger charge is 2.37. The molecule has 1 unspecified atom stereocenters. The summed E-state index contributed by atoms with van der Waals surface area (Å²) >= 11 is 0. The lowest BCUT2D eigenvalue weighted by molar-refractivity contribution is -0.116. The van der Waals surface area contributed by atoms with Gasteiger partial charge in [0.15, 0.2) is 0 Å². The van der Waals surface area contributed by atoms with E-state index in [0.717, 1.165) is 12.6 Å². The van der Waals surface area contributed by atoms with Crippen molar-refractivity contribution in [1.29, 1.82) is 0 Å². The van der Waals surface area contributed by atoms with Crippen LogP contribution in [0.2, 0.25) is 0 Å². The van der Waals surface area contributed by atoms with Gasteiger partial charge in [0, 0.05) is 19.2 Å². The summed E-state index contributed by atoms with van der Waals surface area (Å²) in [6.07, 6.45) is 1.82. The third-order valence-corrected chi connectivity index (χ3v) is 5.45. The van der Waals surface area contributed by atoms with Gasteiger partial charge in [0.2, 0.25) is 5.91 Å². The number of ether oxygens (including phenoxy) is 1. The van der Waals surface area contributed by atoms with Crippen LogP contribution in [0.5, 0.6) is 0 Å². The molecule has 160 valence electrons. The van der Waals surface area contributed by atoms with E-state index in [4.69, 9.17) is 4.74 Å². The molecule has 1 saturated heterocycles. The molecule has 0 bridgehead atoms. The molecule has 0 radical (unpaired) electrons. The number of aromatic nitrogens is 4. The molecule has 1 fully saturated rings. The maximum absolute atomic E-state index is 13.2. The van der Waals surface area contributed by atoms with Gasteiger partial charge in [0.05, 0.1) is 30.1 Å². The fraction of sp³-hybridized carbons (Fsp3) is 0.350. The lowest BCUT2D eigenvalue weighted by Crippen LogP contribution is -2.40. The number of nitrogens with one attached hydrogen (secondary N) is 1. The maximum Gasteiger partial charge on any atom is 0.280 e. The van der Waals surface area contributed by atoms with E-state index < -0.39 is 11.7 Å². The Morgan fingerprint density at radius 1 is 1.35 bits per heavy atom. The van der Waals surface area contributed by atoms with Crippen LogP contribution in [0.25, 0.3) is 5.65 Å². The number of aryl methyl sites for hydroxylation is 1. The first kappa shape index (κ1) is 19.4. The molecule has 3 aromatic heterocycles. The maximum atomic E-state index is 13.2. The molecule has 2 amide bonds. The first-order chi connectivity index (χ1) is 14.9. The van der Waals surface area contributed by atoms with Crippen LogP contribution in [-0.4, -0.2) is 55.1 Å². The minimum absolute atomic E-state index is 0.0407. The first-order valence-electron chi connectivity index (χ1n) is 9.85. The molecule has 5 heterocycles. The van der Waals surface area contributed by atoms with Crippen LogP contribution in [0.4, 0.5) is 10.2 Å². The molecule has 2 aliphatic rings. The standard InChI is InChI=1S/C20H19FN6O4/c1-11-6-17-26(10-16(28)23-15-3-2-12(21)7-22-15)18-14(19(29)27(17)24-11)9-25(20(18)30)8-13-4-5-31-13/h2-3,6-7,13H,4-5,8-10H2,1H3,(H,22,23,28). The second kappa shape index (κ2) is 7.27. The predicted molar refractivity (Wildman–Crippen MR) is 106 cm³/mol. The monoisotopic (exact) mass is 426 g/mol. The van der Waals surface area contributed by atoms with Gasteiger partial charge in [-0.1, -0.05) is 0 Å². The molecule has 10 nitrogen and oxygen atoms in total. The number of rotatable bonds is 5. The van der Waals surface area contributed by atoms with E-state index in [9.17, 15) is 18.8 Å². The van der Waals surface area contributed by atoms with Crippen LogP contribution in [0.1, 0.15) is 28.2 Å². The summed E-state index contributed by atoms with van der Waals surface area (Å²) in [6.45, 7) is 2.68. The second-order valence-electron chi connectivity index (χ2n) is 7.65. The number of pyridine rings is 1. The molecule has 1 N–H and O–H groups in total. The van der Waals surface area contributed by atoms with E-state index in [1.807, 2.05) is 0 Å². The summed E-state index contributed by atoms with van der Waals surface area (Å²) in [4.78, 5) is 44.2. The zero-order valence-electron chi connectivity index (χ0n) is 16.7. The molecule has 0 aliphatic carbocycles. The molecule has 1 atom stereocenters. The summed E-state index contributed by atoms with van der Waals surface area (Å²) < 4.78 is 21.2. The van der Waals surface area contributed by atoms with Gasteiger partial charge in [-0.15, -0.1) is 0 Å². The molecular weight excluding hydrogens is 407 g/mol. The topological polar surface area (TPSA) is 111 Å². The van der Waals surface area contributed by atoms with Gasteiger partial charge < -0.3 is 19.5 Å². The Morgan fingerprint density at radius 3 is 2.84 bits per heavy atom. The van der Waals surface area contributed by atoms with Gasteiger partial charge in [0.25, 0.3) is 11.5 Å². The third-order valence-electron chi connectivity index (χ3n) is 5.45. The van der Waals surface area contributed by atoms with Crippen molar-refractivity contribution in [2.75, 3.05) is 18.5 Å². The number of carbonyl (C=O) groups is 2. The van der Waals surface area contributed by atoms with E-state index in [-0.39, 0.29) is 42.2 Å². The first-order valence-corrected chi connectivity index (χ1v) is 9.85. The number of nitrogens with zero attached hydrogens (tertiary/aromatic N) is 5.